The van der Waals surface area contributed by atoms with Gasteiger partial charge in [0.2, 0.25) is 5.95 Å². The van der Waals surface area contributed by atoms with Gasteiger partial charge in [0.1, 0.15) is 5.52 Å². The Hall–Kier alpha value is -1.58. The number of nitrogens with zero attached hydrogens (tertiary/aromatic N) is 3. The summed E-state index contributed by atoms with van der Waals surface area (Å²) >= 11 is 0. The van der Waals surface area contributed by atoms with Crippen molar-refractivity contribution in [3.05, 3.63) is 18.5 Å². The second-order valence-electron chi connectivity index (χ2n) is 5.58. The molecule has 3 rings (SSSR count). The molecule has 1 aliphatic rings. The van der Waals surface area contributed by atoms with Gasteiger partial charge in [-0.15, -0.1) is 0 Å². The summed E-state index contributed by atoms with van der Waals surface area (Å²) < 4.78 is 2.24. The summed E-state index contributed by atoms with van der Waals surface area (Å²) in [5.41, 5.74) is 8.20. The zero-order valence-corrected chi connectivity index (χ0v) is 11.5. The first-order valence-electron chi connectivity index (χ1n) is 7.38. The predicted octanol–water partition coefficient (Wildman–Crippen LogP) is 3.54. The molecule has 0 saturated heterocycles. The Kier molecular flexibility index (Phi) is 3.40. The number of pyridine rings is 1. The maximum atomic E-state index is 6.16. The van der Waals surface area contributed by atoms with Gasteiger partial charge in [0.25, 0.3) is 0 Å². The predicted molar refractivity (Wildman–Crippen MR) is 77.8 cm³/mol. The van der Waals surface area contributed by atoms with Crippen LogP contribution in [-0.2, 0) is 0 Å². The normalized spacial score (nSPS) is 18.8. The minimum absolute atomic E-state index is 0.479. The fourth-order valence-corrected chi connectivity index (χ4v) is 3.56. The van der Waals surface area contributed by atoms with Crippen LogP contribution in [0.3, 0.4) is 0 Å². The summed E-state index contributed by atoms with van der Waals surface area (Å²) in [7, 11) is 0. The summed E-state index contributed by atoms with van der Waals surface area (Å²) in [6.45, 7) is 2.26. The molecule has 2 aromatic heterocycles. The summed E-state index contributed by atoms with van der Waals surface area (Å²) in [4.78, 5) is 8.59. The van der Waals surface area contributed by atoms with Crippen LogP contribution in [0.4, 0.5) is 5.95 Å². The number of hydrogen-bond acceptors (Lipinski definition) is 3. The molecular weight excluding hydrogens is 236 g/mol. The average Bonchev–Trinajstić information content (AvgIpc) is 2.78. The van der Waals surface area contributed by atoms with Crippen molar-refractivity contribution in [3.8, 4) is 0 Å². The van der Waals surface area contributed by atoms with Crippen LogP contribution in [-0.4, -0.2) is 14.5 Å². The molecule has 1 aliphatic carbocycles. The molecule has 0 radical (unpaired) electrons. The second-order valence-corrected chi connectivity index (χ2v) is 5.58. The van der Waals surface area contributed by atoms with Gasteiger partial charge in [0, 0.05) is 12.2 Å². The van der Waals surface area contributed by atoms with Gasteiger partial charge in [0.05, 0.1) is 11.7 Å². The molecule has 0 amide bonds. The van der Waals surface area contributed by atoms with Crippen molar-refractivity contribution < 1.29 is 0 Å². The third-order valence-corrected chi connectivity index (χ3v) is 4.46. The maximum absolute atomic E-state index is 6.16. The third kappa shape index (κ3) is 2.20. The number of nitrogen functional groups attached to an aromatic ring is 1. The van der Waals surface area contributed by atoms with Crippen molar-refractivity contribution in [2.75, 3.05) is 5.73 Å². The molecule has 0 bridgehead atoms. The van der Waals surface area contributed by atoms with Gasteiger partial charge in [0.15, 0.2) is 0 Å². The Balaban J connectivity index is 2.02. The monoisotopic (exact) mass is 258 g/mol. The lowest BCUT2D eigenvalue weighted by Crippen LogP contribution is -2.22. The second kappa shape index (κ2) is 5.19. The van der Waals surface area contributed by atoms with E-state index in [2.05, 4.69) is 21.5 Å². The zero-order valence-electron chi connectivity index (χ0n) is 11.5. The van der Waals surface area contributed by atoms with Crippen molar-refractivity contribution in [2.24, 2.45) is 5.92 Å². The van der Waals surface area contributed by atoms with Crippen molar-refractivity contribution >= 4 is 17.0 Å². The average molecular weight is 258 g/mol. The Bertz CT molecular complexity index is 554. The van der Waals surface area contributed by atoms with Crippen LogP contribution in [0, 0.1) is 5.92 Å². The van der Waals surface area contributed by atoms with Crippen molar-refractivity contribution in [3.63, 3.8) is 0 Å². The van der Waals surface area contributed by atoms with Crippen molar-refractivity contribution in [1.82, 2.24) is 14.5 Å². The molecule has 4 nitrogen and oxygen atoms in total. The third-order valence-electron chi connectivity index (χ3n) is 4.46. The minimum atomic E-state index is 0.479. The molecule has 1 unspecified atom stereocenters. The highest BCUT2D eigenvalue weighted by atomic mass is 15.2. The van der Waals surface area contributed by atoms with Gasteiger partial charge in [-0.25, -0.2) is 4.98 Å². The lowest BCUT2D eigenvalue weighted by Gasteiger charge is -2.31. The van der Waals surface area contributed by atoms with Crippen LogP contribution in [0.5, 0.6) is 0 Å². The highest BCUT2D eigenvalue weighted by Gasteiger charge is 2.26. The number of anilines is 1. The lowest BCUT2D eigenvalue weighted by molar-refractivity contribution is 0.249. The molecule has 2 aromatic rings. The van der Waals surface area contributed by atoms with Crippen molar-refractivity contribution in [1.29, 1.82) is 0 Å². The van der Waals surface area contributed by atoms with Gasteiger partial charge in [-0.05, 0) is 31.2 Å². The summed E-state index contributed by atoms with van der Waals surface area (Å²) in [6, 6.07) is 2.51. The van der Waals surface area contributed by atoms with Gasteiger partial charge < -0.3 is 10.3 Å². The van der Waals surface area contributed by atoms with Crippen LogP contribution in [0.25, 0.3) is 11.0 Å². The number of hydrogen-bond donors (Lipinski definition) is 1. The van der Waals surface area contributed by atoms with Crippen molar-refractivity contribution in [2.45, 2.75) is 51.5 Å². The molecule has 2 N–H and O–H groups in total. The van der Waals surface area contributed by atoms with Crippen LogP contribution in [0.2, 0.25) is 0 Å². The molecule has 0 aromatic carbocycles. The van der Waals surface area contributed by atoms with Crippen LogP contribution in [0.15, 0.2) is 18.5 Å². The molecule has 4 heteroatoms. The molecule has 0 aliphatic heterocycles. The van der Waals surface area contributed by atoms with E-state index >= 15 is 0 Å². The highest BCUT2D eigenvalue weighted by Crippen LogP contribution is 2.37. The van der Waals surface area contributed by atoms with E-state index in [0.29, 0.717) is 12.0 Å². The Morgan fingerprint density at radius 2 is 2.16 bits per heavy atom. The smallest absolute Gasteiger partial charge is 0.201 e. The largest absolute Gasteiger partial charge is 0.369 e. The van der Waals surface area contributed by atoms with Crippen LogP contribution >= 0.6 is 0 Å². The lowest BCUT2D eigenvalue weighted by atomic mass is 9.82. The minimum Gasteiger partial charge on any atom is -0.369 e. The fourth-order valence-electron chi connectivity index (χ4n) is 3.56. The van der Waals surface area contributed by atoms with E-state index in [-0.39, 0.29) is 0 Å². The van der Waals surface area contributed by atoms with E-state index in [0.717, 1.165) is 23.4 Å². The Morgan fingerprint density at radius 1 is 1.37 bits per heavy atom. The number of rotatable bonds is 3. The molecule has 102 valence electrons. The van der Waals surface area contributed by atoms with E-state index in [9.17, 15) is 0 Å². The zero-order chi connectivity index (χ0) is 13.2. The number of fused-ring (bicyclic) bond motifs is 1. The SMILES string of the molecule is CCC(C1CCCCC1)n1c(N)nc2cnccc21. The maximum Gasteiger partial charge on any atom is 0.201 e. The first-order chi connectivity index (χ1) is 9.31. The van der Waals surface area contributed by atoms with E-state index in [1.165, 1.54) is 32.1 Å². The molecular formula is C15H22N4. The topological polar surface area (TPSA) is 56.7 Å². The van der Waals surface area contributed by atoms with Gasteiger partial charge >= 0.3 is 0 Å². The van der Waals surface area contributed by atoms with Crippen LogP contribution in [0.1, 0.15) is 51.5 Å². The number of nitrogens with two attached hydrogens (primary N) is 1. The van der Waals surface area contributed by atoms with Gasteiger partial charge in [-0.2, -0.15) is 0 Å². The molecule has 1 atom stereocenters. The standard InChI is InChI=1S/C15H22N4/c1-2-13(11-6-4-3-5-7-11)19-14-8-9-17-10-12(14)18-15(19)16/h8-11,13H,2-7H2,1H3,(H2,16,18). The molecule has 0 spiro atoms. The highest BCUT2D eigenvalue weighted by molar-refractivity contribution is 5.77. The van der Waals surface area contributed by atoms with Crippen LogP contribution < -0.4 is 5.73 Å². The summed E-state index contributed by atoms with van der Waals surface area (Å²) in [6.07, 6.45) is 11.5. The van der Waals surface area contributed by atoms with Gasteiger partial charge in [-0.3, -0.25) is 4.98 Å². The molecule has 2 heterocycles. The van der Waals surface area contributed by atoms with E-state index in [1.807, 2.05) is 12.3 Å². The van der Waals surface area contributed by atoms with E-state index < -0.39 is 0 Å². The Morgan fingerprint density at radius 3 is 2.89 bits per heavy atom. The fraction of sp³-hybridized carbons (Fsp3) is 0.600. The Labute approximate surface area is 114 Å². The van der Waals surface area contributed by atoms with E-state index in [1.54, 1.807) is 6.20 Å². The quantitative estimate of drug-likeness (QED) is 0.916. The molecule has 1 fully saturated rings. The first kappa shape index (κ1) is 12.5. The molecule has 19 heavy (non-hydrogen) atoms. The van der Waals surface area contributed by atoms with E-state index in [4.69, 9.17) is 5.73 Å². The molecule has 1 saturated carbocycles. The van der Waals surface area contributed by atoms with Gasteiger partial charge in [-0.1, -0.05) is 26.2 Å². The number of aromatic nitrogens is 3. The summed E-state index contributed by atoms with van der Waals surface area (Å²) in [5.74, 6) is 1.38. The summed E-state index contributed by atoms with van der Waals surface area (Å²) in [5, 5.41) is 0. The number of imidazole rings is 1. The first-order valence-corrected chi connectivity index (χ1v) is 7.38.